The van der Waals surface area contributed by atoms with Gasteiger partial charge in [0.2, 0.25) is 0 Å². The van der Waals surface area contributed by atoms with Crippen molar-refractivity contribution in [3.63, 3.8) is 0 Å². The number of thiophene rings is 1. The molecule has 182 valence electrons. The van der Waals surface area contributed by atoms with E-state index in [1.54, 1.807) is 30.1 Å². The van der Waals surface area contributed by atoms with E-state index in [-0.39, 0.29) is 10.8 Å². The van der Waals surface area contributed by atoms with E-state index < -0.39 is 10.0 Å². The molecule has 0 atom stereocenters. The van der Waals surface area contributed by atoms with Crippen LogP contribution in [0.2, 0.25) is 0 Å². The largest absolute Gasteiger partial charge is 0.493 e. The maximum atomic E-state index is 13.3. The molecule has 4 rings (SSSR count). The standard InChI is InChI=1S/C26H26N2O5S2/c1-27(17-18-8-6-5-7-9-18)26(29)25-15-19-14-20(10-13-24(19)34-25)28(2)35(30,31)21-11-12-22(32-3)23(16-21)33-4/h5-16H,17H2,1-4H3. The fourth-order valence-electron chi connectivity index (χ4n) is 3.72. The van der Waals surface area contributed by atoms with Crippen LogP contribution in [0.1, 0.15) is 15.2 Å². The maximum absolute atomic E-state index is 13.3. The summed E-state index contributed by atoms with van der Waals surface area (Å²) < 4.78 is 39.1. The average molecular weight is 511 g/mol. The summed E-state index contributed by atoms with van der Waals surface area (Å²) in [6.07, 6.45) is 0. The second-order valence-electron chi connectivity index (χ2n) is 7.97. The fraction of sp³-hybridized carbons (Fsp3) is 0.192. The van der Waals surface area contributed by atoms with Gasteiger partial charge in [-0.2, -0.15) is 0 Å². The molecule has 0 spiro atoms. The van der Waals surface area contributed by atoms with Gasteiger partial charge in [-0.1, -0.05) is 30.3 Å². The summed E-state index contributed by atoms with van der Waals surface area (Å²) in [4.78, 5) is 15.4. The fourth-order valence-corrected chi connectivity index (χ4v) is 5.96. The topological polar surface area (TPSA) is 76.2 Å². The lowest BCUT2D eigenvalue weighted by atomic mass is 10.2. The molecule has 1 aromatic heterocycles. The van der Waals surface area contributed by atoms with Gasteiger partial charge in [0.25, 0.3) is 15.9 Å². The highest BCUT2D eigenvalue weighted by molar-refractivity contribution is 7.92. The van der Waals surface area contributed by atoms with Crippen molar-refractivity contribution in [2.45, 2.75) is 11.4 Å². The van der Waals surface area contributed by atoms with Crippen molar-refractivity contribution < 1.29 is 22.7 Å². The number of amides is 1. The SMILES string of the molecule is COc1ccc(S(=O)(=O)N(C)c2ccc3sc(C(=O)N(C)Cc4ccccc4)cc3c2)cc1OC. The zero-order valence-corrected chi connectivity index (χ0v) is 21.5. The van der Waals surface area contributed by atoms with E-state index in [2.05, 4.69) is 0 Å². The van der Waals surface area contributed by atoms with E-state index in [1.807, 2.05) is 42.5 Å². The normalized spacial score (nSPS) is 11.3. The van der Waals surface area contributed by atoms with Gasteiger partial charge in [0.15, 0.2) is 11.5 Å². The third-order valence-corrected chi connectivity index (χ3v) is 8.58. The lowest BCUT2D eigenvalue weighted by Crippen LogP contribution is -2.26. The molecule has 1 amide bonds. The average Bonchev–Trinajstić information content (AvgIpc) is 3.31. The number of hydrogen-bond donors (Lipinski definition) is 0. The first-order chi connectivity index (χ1) is 16.7. The summed E-state index contributed by atoms with van der Waals surface area (Å²) in [5.74, 6) is 0.698. The highest BCUT2D eigenvalue weighted by Crippen LogP contribution is 2.34. The van der Waals surface area contributed by atoms with Crippen LogP contribution in [0, 0.1) is 0 Å². The monoisotopic (exact) mass is 510 g/mol. The molecule has 4 aromatic rings. The highest BCUT2D eigenvalue weighted by Gasteiger charge is 2.24. The van der Waals surface area contributed by atoms with Crippen LogP contribution in [0.25, 0.3) is 10.1 Å². The summed E-state index contributed by atoms with van der Waals surface area (Å²) in [5.41, 5.74) is 1.54. The molecule has 0 bridgehead atoms. The Morgan fingerprint density at radius 3 is 2.29 bits per heavy atom. The van der Waals surface area contributed by atoms with Gasteiger partial charge in [-0.25, -0.2) is 8.42 Å². The number of carbonyl (C=O) groups is 1. The summed E-state index contributed by atoms with van der Waals surface area (Å²) in [6.45, 7) is 0.505. The molecule has 0 aliphatic rings. The molecule has 0 saturated heterocycles. The molecule has 35 heavy (non-hydrogen) atoms. The van der Waals surface area contributed by atoms with Crippen molar-refractivity contribution in [2.24, 2.45) is 0 Å². The van der Waals surface area contributed by atoms with E-state index in [9.17, 15) is 13.2 Å². The molecule has 7 nitrogen and oxygen atoms in total. The number of hydrogen-bond acceptors (Lipinski definition) is 6. The Bertz CT molecular complexity index is 1470. The van der Waals surface area contributed by atoms with Gasteiger partial charge >= 0.3 is 0 Å². The predicted molar refractivity (Wildman–Crippen MR) is 139 cm³/mol. The number of methoxy groups -OCH3 is 2. The number of anilines is 1. The minimum absolute atomic E-state index is 0.0806. The van der Waals surface area contributed by atoms with E-state index >= 15 is 0 Å². The van der Waals surface area contributed by atoms with Crippen LogP contribution in [0.5, 0.6) is 11.5 Å². The van der Waals surface area contributed by atoms with Crippen molar-refractivity contribution in [2.75, 3.05) is 32.6 Å². The first kappa shape index (κ1) is 24.6. The maximum Gasteiger partial charge on any atom is 0.264 e. The zero-order valence-electron chi connectivity index (χ0n) is 19.9. The summed E-state index contributed by atoms with van der Waals surface area (Å²) in [7, 11) is 2.37. The lowest BCUT2D eigenvalue weighted by Gasteiger charge is -2.20. The number of nitrogens with zero attached hydrogens (tertiary/aromatic N) is 2. The molecule has 0 fully saturated rings. The molecule has 0 radical (unpaired) electrons. The minimum Gasteiger partial charge on any atom is -0.493 e. The van der Waals surface area contributed by atoms with Crippen molar-refractivity contribution in [3.05, 3.63) is 83.2 Å². The van der Waals surface area contributed by atoms with Crippen LogP contribution >= 0.6 is 11.3 Å². The van der Waals surface area contributed by atoms with Crippen molar-refractivity contribution >= 4 is 43.0 Å². The van der Waals surface area contributed by atoms with Gasteiger partial charge in [0, 0.05) is 31.4 Å². The predicted octanol–water partition coefficient (Wildman–Crippen LogP) is 5.02. The number of benzene rings is 3. The molecular formula is C26H26N2O5S2. The van der Waals surface area contributed by atoms with Gasteiger partial charge in [-0.05, 0) is 47.3 Å². The Kier molecular flexibility index (Phi) is 7.00. The molecule has 0 unspecified atom stereocenters. The number of rotatable bonds is 8. The number of ether oxygens (including phenoxy) is 2. The quantitative estimate of drug-likeness (QED) is 0.333. The van der Waals surface area contributed by atoms with Crippen molar-refractivity contribution in [3.8, 4) is 11.5 Å². The molecule has 9 heteroatoms. The molecule has 0 saturated carbocycles. The Morgan fingerprint density at radius 1 is 0.886 bits per heavy atom. The first-order valence-corrected chi connectivity index (χ1v) is 13.0. The van der Waals surface area contributed by atoms with Gasteiger partial charge < -0.3 is 14.4 Å². The van der Waals surface area contributed by atoms with Crippen molar-refractivity contribution in [1.82, 2.24) is 4.90 Å². The van der Waals surface area contributed by atoms with Crippen molar-refractivity contribution in [1.29, 1.82) is 0 Å². The Balaban J connectivity index is 1.59. The number of fused-ring (bicyclic) bond motifs is 1. The Hall–Kier alpha value is -3.56. The highest BCUT2D eigenvalue weighted by atomic mass is 32.2. The molecule has 0 aliphatic heterocycles. The molecule has 0 N–H and O–H groups in total. The van der Waals surface area contributed by atoms with Crippen LogP contribution in [0.15, 0.2) is 77.7 Å². The third kappa shape index (κ3) is 4.96. The van der Waals surface area contributed by atoms with E-state index in [0.29, 0.717) is 28.6 Å². The van der Waals surface area contributed by atoms with Crippen LogP contribution in [-0.4, -0.2) is 47.5 Å². The Labute approximate surface area is 209 Å². The minimum atomic E-state index is -3.85. The van der Waals surface area contributed by atoms with Crippen LogP contribution in [0.4, 0.5) is 5.69 Å². The number of sulfonamides is 1. The third-order valence-electron chi connectivity index (χ3n) is 5.70. The first-order valence-electron chi connectivity index (χ1n) is 10.8. The van der Waals surface area contributed by atoms with Gasteiger partial charge in [-0.3, -0.25) is 9.10 Å². The van der Waals surface area contributed by atoms with Crippen LogP contribution in [0.3, 0.4) is 0 Å². The van der Waals surface area contributed by atoms with E-state index in [4.69, 9.17) is 9.47 Å². The number of carbonyl (C=O) groups excluding carboxylic acids is 1. The van der Waals surface area contributed by atoms with E-state index in [1.165, 1.54) is 49.0 Å². The summed E-state index contributed by atoms with van der Waals surface area (Å²) in [5, 5.41) is 0.804. The van der Waals surface area contributed by atoms with Gasteiger partial charge in [-0.15, -0.1) is 11.3 Å². The summed E-state index contributed by atoms with van der Waals surface area (Å²) >= 11 is 1.39. The molecule has 3 aromatic carbocycles. The molecule has 1 heterocycles. The van der Waals surface area contributed by atoms with E-state index in [0.717, 1.165) is 15.6 Å². The summed E-state index contributed by atoms with van der Waals surface area (Å²) in [6, 6.07) is 21.4. The van der Waals surface area contributed by atoms with Crippen LogP contribution in [-0.2, 0) is 16.6 Å². The van der Waals surface area contributed by atoms with Gasteiger partial charge in [0.1, 0.15) is 0 Å². The molecule has 0 aliphatic carbocycles. The van der Waals surface area contributed by atoms with Gasteiger partial charge in [0.05, 0.1) is 29.7 Å². The van der Waals surface area contributed by atoms with Crippen LogP contribution < -0.4 is 13.8 Å². The molecular weight excluding hydrogens is 484 g/mol. The second-order valence-corrected chi connectivity index (χ2v) is 11.0. The second kappa shape index (κ2) is 9.97. The smallest absolute Gasteiger partial charge is 0.264 e. The Morgan fingerprint density at radius 2 is 1.60 bits per heavy atom. The lowest BCUT2D eigenvalue weighted by molar-refractivity contribution is 0.0790. The zero-order chi connectivity index (χ0) is 25.2.